The molecule has 0 bridgehead atoms. The van der Waals surface area contributed by atoms with Crippen LogP contribution in [0.4, 0.5) is 5.00 Å². The monoisotopic (exact) mass is 414 g/mol. The Morgan fingerprint density at radius 1 is 1.21 bits per heavy atom. The van der Waals surface area contributed by atoms with Gasteiger partial charge < -0.3 is 15.4 Å². The summed E-state index contributed by atoms with van der Waals surface area (Å²) in [6, 6.07) is 9.47. The summed E-state index contributed by atoms with van der Waals surface area (Å²) in [5, 5.41) is 7.97. The van der Waals surface area contributed by atoms with Crippen molar-refractivity contribution >= 4 is 34.1 Å². The topological polar surface area (TPSA) is 84.5 Å². The fraction of sp³-hybridized carbons (Fsp3) is 0.409. The zero-order chi connectivity index (χ0) is 20.8. The highest BCUT2D eigenvalue weighted by molar-refractivity contribution is 7.15. The first kappa shape index (κ1) is 21.0. The number of benzene rings is 1. The molecular weight excluding hydrogens is 388 g/mol. The standard InChI is InChI=1S/C22H26N2O4S/c1-3-7-14(2)23-18(25)12-28-22(27)19-17(15-8-5-4-6-9-15)13-29-21(19)24-20(26)16-10-11-16/h4-6,8-9,13-14,16H,3,7,10-12H2,1-2H3,(H,23,25)(H,24,26)/t14-/m0/s1. The van der Waals surface area contributed by atoms with Gasteiger partial charge in [-0.3, -0.25) is 9.59 Å². The van der Waals surface area contributed by atoms with E-state index in [1.807, 2.05) is 49.6 Å². The van der Waals surface area contributed by atoms with Crippen LogP contribution in [0.3, 0.4) is 0 Å². The van der Waals surface area contributed by atoms with Crippen molar-refractivity contribution in [1.82, 2.24) is 5.32 Å². The molecule has 1 aromatic heterocycles. The van der Waals surface area contributed by atoms with Gasteiger partial charge in [-0.1, -0.05) is 43.7 Å². The zero-order valence-electron chi connectivity index (χ0n) is 16.7. The van der Waals surface area contributed by atoms with E-state index < -0.39 is 5.97 Å². The lowest BCUT2D eigenvalue weighted by atomic mass is 10.0. The molecule has 6 nitrogen and oxygen atoms in total. The second-order valence-corrected chi connectivity index (χ2v) is 8.20. The molecule has 1 aliphatic carbocycles. The van der Waals surface area contributed by atoms with Crippen LogP contribution in [0.5, 0.6) is 0 Å². The van der Waals surface area contributed by atoms with Gasteiger partial charge in [0.2, 0.25) is 5.91 Å². The third kappa shape index (κ3) is 5.67. The van der Waals surface area contributed by atoms with Crippen LogP contribution in [-0.2, 0) is 14.3 Å². The average Bonchev–Trinajstić information content (AvgIpc) is 3.48. The van der Waals surface area contributed by atoms with Crippen LogP contribution < -0.4 is 10.6 Å². The Balaban J connectivity index is 1.75. The molecule has 7 heteroatoms. The van der Waals surface area contributed by atoms with Gasteiger partial charge in [0.25, 0.3) is 5.91 Å². The Bertz CT molecular complexity index is 874. The molecule has 1 atom stereocenters. The van der Waals surface area contributed by atoms with Crippen LogP contribution >= 0.6 is 11.3 Å². The molecule has 1 saturated carbocycles. The van der Waals surface area contributed by atoms with Gasteiger partial charge in [0.15, 0.2) is 6.61 Å². The number of carbonyl (C=O) groups is 3. The Morgan fingerprint density at radius 3 is 2.59 bits per heavy atom. The Morgan fingerprint density at radius 2 is 1.93 bits per heavy atom. The molecule has 2 aromatic rings. The predicted octanol–water partition coefficient (Wildman–Crippen LogP) is 4.23. The molecule has 0 saturated heterocycles. The predicted molar refractivity (Wildman–Crippen MR) is 114 cm³/mol. The van der Waals surface area contributed by atoms with Crippen molar-refractivity contribution < 1.29 is 19.1 Å². The maximum atomic E-state index is 12.9. The highest BCUT2D eigenvalue weighted by atomic mass is 32.1. The minimum absolute atomic E-state index is 0.0203. The Hall–Kier alpha value is -2.67. The molecule has 1 aliphatic rings. The third-order valence-corrected chi connectivity index (χ3v) is 5.62. The molecule has 1 aromatic carbocycles. The summed E-state index contributed by atoms with van der Waals surface area (Å²) in [4.78, 5) is 37.1. The first-order valence-corrected chi connectivity index (χ1v) is 10.8. The number of hydrogen-bond donors (Lipinski definition) is 2. The number of ether oxygens (including phenoxy) is 1. The summed E-state index contributed by atoms with van der Waals surface area (Å²) in [7, 11) is 0. The number of nitrogens with one attached hydrogen (secondary N) is 2. The molecule has 0 radical (unpaired) electrons. The summed E-state index contributed by atoms with van der Waals surface area (Å²) in [5.41, 5.74) is 1.83. The minimum atomic E-state index is -0.616. The molecule has 29 heavy (non-hydrogen) atoms. The summed E-state index contributed by atoms with van der Waals surface area (Å²) >= 11 is 1.29. The van der Waals surface area contributed by atoms with Crippen molar-refractivity contribution in [3.8, 4) is 11.1 Å². The summed E-state index contributed by atoms with van der Waals surface area (Å²) < 4.78 is 5.29. The first-order valence-electron chi connectivity index (χ1n) is 9.93. The highest BCUT2D eigenvalue weighted by Crippen LogP contribution is 2.38. The van der Waals surface area contributed by atoms with E-state index in [2.05, 4.69) is 10.6 Å². The van der Waals surface area contributed by atoms with E-state index in [0.717, 1.165) is 31.2 Å². The fourth-order valence-electron chi connectivity index (χ4n) is 3.07. The largest absolute Gasteiger partial charge is 0.452 e. The van der Waals surface area contributed by atoms with E-state index in [9.17, 15) is 14.4 Å². The van der Waals surface area contributed by atoms with E-state index in [0.29, 0.717) is 16.1 Å². The molecule has 0 unspecified atom stereocenters. The Kier molecular flexibility index (Phi) is 7.04. The molecule has 0 aliphatic heterocycles. The number of amides is 2. The van der Waals surface area contributed by atoms with Gasteiger partial charge in [-0.25, -0.2) is 4.79 Å². The number of thiophene rings is 1. The molecule has 1 heterocycles. The highest BCUT2D eigenvalue weighted by Gasteiger charge is 2.32. The number of anilines is 1. The molecule has 2 amide bonds. The lowest BCUT2D eigenvalue weighted by Crippen LogP contribution is -2.35. The lowest BCUT2D eigenvalue weighted by Gasteiger charge is -2.13. The van der Waals surface area contributed by atoms with Gasteiger partial charge in [0.1, 0.15) is 10.6 Å². The van der Waals surface area contributed by atoms with Crippen LogP contribution in [0.1, 0.15) is 49.9 Å². The second kappa shape index (κ2) is 9.69. The zero-order valence-corrected chi connectivity index (χ0v) is 17.5. The summed E-state index contributed by atoms with van der Waals surface area (Å²) in [5.74, 6) is -1.01. The molecular formula is C22H26N2O4S. The van der Waals surface area contributed by atoms with Crippen LogP contribution in [0.25, 0.3) is 11.1 Å². The molecule has 0 spiro atoms. The lowest BCUT2D eigenvalue weighted by molar-refractivity contribution is -0.124. The fourth-order valence-corrected chi connectivity index (χ4v) is 4.03. The number of rotatable bonds is 9. The van der Waals surface area contributed by atoms with Crippen LogP contribution in [0.15, 0.2) is 35.7 Å². The second-order valence-electron chi connectivity index (χ2n) is 7.32. The van der Waals surface area contributed by atoms with Crippen LogP contribution in [-0.4, -0.2) is 30.4 Å². The molecule has 3 rings (SSSR count). The molecule has 2 N–H and O–H groups in total. The summed E-state index contributed by atoms with van der Waals surface area (Å²) in [6.07, 6.45) is 3.57. The normalized spacial score (nSPS) is 14.1. The van der Waals surface area contributed by atoms with Gasteiger partial charge in [0.05, 0.1) is 0 Å². The van der Waals surface area contributed by atoms with Crippen LogP contribution in [0, 0.1) is 5.92 Å². The SMILES string of the molecule is CCC[C@H](C)NC(=O)COC(=O)c1c(-c2ccccc2)csc1NC(=O)C1CC1. The maximum Gasteiger partial charge on any atom is 0.342 e. The number of carbonyl (C=O) groups excluding carboxylic acids is 3. The van der Waals surface area contributed by atoms with Crippen LogP contribution in [0.2, 0.25) is 0 Å². The number of hydrogen-bond acceptors (Lipinski definition) is 5. The van der Waals surface area contributed by atoms with Gasteiger partial charge in [-0.15, -0.1) is 11.3 Å². The molecule has 1 fully saturated rings. The summed E-state index contributed by atoms with van der Waals surface area (Å²) in [6.45, 7) is 3.61. The van der Waals surface area contributed by atoms with Gasteiger partial charge >= 0.3 is 5.97 Å². The minimum Gasteiger partial charge on any atom is -0.452 e. The Labute approximate surface area is 174 Å². The van der Waals surface area contributed by atoms with Crippen molar-refractivity contribution in [1.29, 1.82) is 0 Å². The maximum absolute atomic E-state index is 12.9. The van der Waals surface area contributed by atoms with Crippen molar-refractivity contribution in [2.75, 3.05) is 11.9 Å². The number of esters is 1. The third-order valence-electron chi connectivity index (χ3n) is 4.73. The molecule has 154 valence electrons. The van der Waals surface area contributed by atoms with Crippen molar-refractivity contribution in [3.63, 3.8) is 0 Å². The quantitative estimate of drug-likeness (QED) is 0.602. The van der Waals surface area contributed by atoms with Gasteiger partial charge in [-0.05, 0) is 31.7 Å². The van der Waals surface area contributed by atoms with E-state index in [1.54, 1.807) is 0 Å². The van der Waals surface area contributed by atoms with Gasteiger partial charge in [-0.2, -0.15) is 0 Å². The van der Waals surface area contributed by atoms with Crippen molar-refractivity contribution in [2.24, 2.45) is 5.92 Å². The van der Waals surface area contributed by atoms with E-state index in [4.69, 9.17) is 4.74 Å². The average molecular weight is 415 g/mol. The van der Waals surface area contributed by atoms with Crippen molar-refractivity contribution in [2.45, 2.75) is 45.6 Å². The van der Waals surface area contributed by atoms with E-state index in [1.165, 1.54) is 11.3 Å². The van der Waals surface area contributed by atoms with Crippen molar-refractivity contribution in [3.05, 3.63) is 41.3 Å². The van der Waals surface area contributed by atoms with E-state index in [-0.39, 0.29) is 30.4 Å². The van der Waals surface area contributed by atoms with E-state index >= 15 is 0 Å². The van der Waals surface area contributed by atoms with Gasteiger partial charge in [0, 0.05) is 22.9 Å². The first-order chi connectivity index (χ1) is 14.0. The smallest absolute Gasteiger partial charge is 0.342 e.